The van der Waals surface area contributed by atoms with Crippen LogP contribution in [0.4, 0.5) is 5.69 Å². The van der Waals surface area contributed by atoms with E-state index in [-0.39, 0.29) is 5.91 Å². The molecule has 1 fully saturated rings. The molecule has 0 bridgehead atoms. The Morgan fingerprint density at radius 2 is 2.00 bits per heavy atom. The van der Waals surface area contributed by atoms with Gasteiger partial charge in [-0.25, -0.2) is 0 Å². The summed E-state index contributed by atoms with van der Waals surface area (Å²) in [5.41, 5.74) is 0.815. The molecule has 1 heterocycles. The molecule has 0 radical (unpaired) electrons. The SMILES string of the molecule is CCOc1ccc(NC(=O)CC[NH+]2CCOCC2)cc1. The Kier molecular flexibility index (Phi) is 5.83. The van der Waals surface area contributed by atoms with Gasteiger partial charge in [0.1, 0.15) is 18.8 Å². The number of benzene rings is 1. The molecular weight excluding hydrogens is 256 g/mol. The molecule has 5 heteroatoms. The Labute approximate surface area is 119 Å². The third-order valence-electron chi connectivity index (χ3n) is 3.35. The molecule has 5 nitrogen and oxygen atoms in total. The summed E-state index contributed by atoms with van der Waals surface area (Å²) in [7, 11) is 0. The van der Waals surface area contributed by atoms with E-state index in [1.54, 1.807) is 0 Å². The van der Waals surface area contributed by atoms with Crippen molar-refractivity contribution in [3.05, 3.63) is 24.3 Å². The first kappa shape index (κ1) is 14.8. The molecule has 2 rings (SSSR count). The monoisotopic (exact) mass is 279 g/mol. The minimum absolute atomic E-state index is 0.0631. The van der Waals surface area contributed by atoms with Crippen molar-refractivity contribution in [2.24, 2.45) is 0 Å². The summed E-state index contributed by atoms with van der Waals surface area (Å²) in [6.45, 7) is 7.06. The standard InChI is InChI=1S/C15H22N2O3/c1-2-20-14-5-3-13(4-6-14)16-15(18)7-8-17-9-11-19-12-10-17/h3-6H,2,7-12H2,1H3,(H,16,18)/p+1. The first-order valence-corrected chi connectivity index (χ1v) is 7.22. The molecule has 1 aromatic rings. The lowest BCUT2D eigenvalue weighted by Gasteiger charge is -2.23. The van der Waals surface area contributed by atoms with E-state index in [1.165, 1.54) is 4.90 Å². The van der Waals surface area contributed by atoms with E-state index in [0.717, 1.165) is 44.3 Å². The van der Waals surface area contributed by atoms with E-state index < -0.39 is 0 Å². The lowest BCUT2D eigenvalue weighted by molar-refractivity contribution is -0.907. The lowest BCUT2D eigenvalue weighted by atomic mass is 10.2. The summed E-state index contributed by atoms with van der Waals surface area (Å²) in [6.07, 6.45) is 0.544. The van der Waals surface area contributed by atoms with Crippen molar-refractivity contribution in [2.75, 3.05) is 44.8 Å². The Morgan fingerprint density at radius 3 is 2.65 bits per heavy atom. The maximum Gasteiger partial charge on any atom is 0.230 e. The summed E-state index contributed by atoms with van der Waals surface area (Å²) in [4.78, 5) is 13.3. The number of quaternary nitrogens is 1. The van der Waals surface area contributed by atoms with E-state index in [9.17, 15) is 4.79 Å². The van der Waals surface area contributed by atoms with Crippen molar-refractivity contribution in [3.8, 4) is 5.75 Å². The maximum atomic E-state index is 11.9. The molecule has 20 heavy (non-hydrogen) atoms. The number of rotatable bonds is 6. The minimum atomic E-state index is 0.0631. The Morgan fingerprint density at radius 1 is 1.30 bits per heavy atom. The number of amides is 1. The number of carbonyl (C=O) groups is 1. The first-order valence-electron chi connectivity index (χ1n) is 7.22. The van der Waals surface area contributed by atoms with Gasteiger partial charge in [-0.3, -0.25) is 4.79 Å². The molecule has 0 spiro atoms. The van der Waals surface area contributed by atoms with Crippen LogP contribution >= 0.6 is 0 Å². The zero-order valence-electron chi connectivity index (χ0n) is 12.0. The topological polar surface area (TPSA) is 52.0 Å². The van der Waals surface area contributed by atoms with Crippen LogP contribution in [0.3, 0.4) is 0 Å². The van der Waals surface area contributed by atoms with Crippen LogP contribution in [0.1, 0.15) is 13.3 Å². The zero-order chi connectivity index (χ0) is 14.2. The number of carbonyl (C=O) groups excluding carboxylic acids is 1. The van der Waals surface area contributed by atoms with Crippen LogP contribution in [-0.2, 0) is 9.53 Å². The molecule has 0 aliphatic carbocycles. The van der Waals surface area contributed by atoms with E-state index in [0.29, 0.717) is 13.0 Å². The molecule has 1 aromatic carbocycles. The van der Waals surface area contributed by atoms with Gasteiger partial charge in [0.25, 0.3) is 0 Å². The molecule has 0 saturated carbocycles. The fourth-order valence-electron chi connectivity index (χ4n) is 2.23. The van der Waals surface area contributed by atoms with Gasteiger partial charge in [-0.05, 0) is 31.2 Å². The van der Waals surface area contributed by atoms with Gasteiger partial charge >= 0.3 is 0 Å². The Bertz CT molecular complexity index is 414. The van der Waals surface area contributed by atoms with E-state index in [1.807, 2.05) is 31.2 Å². The average molecular weight is 279 g/mol. The molecule has 2 N–H and O–H groups in total. The highest BCUT2D eigenvalue weighted by Gasteiger charge is 2.15. The van der Waals surface area contributed by atoms with Crippen molar-refractivity contribution in [3.63, 3.8) is 0 Å². The van der Waals surface area contributed by atoms with Crippen LogP contribution in [0.5, 0.6) is 5.75 Å². The Hall–Kier alpha value is -1.59. The lowest BCUT2D eigenvalue weighted by Crippen LogP contribution is -3.14. The van der Waals surface area contributed by atoms with Gasteiger partial charge in [0.2, 0.25) is 5.91 Å². The van der Waals surface area contributed by atoms with Gasteiger partial charge in [-0.15, -0.1) is 0 Å². The van der Waals surface area contributed by atoms with Gasteiger partial charge in [0, 0.05) is 5.69 Å². The molecule has 0 atom stereocenters. The zero-order valence-corrected chi connectivity index (χ0v) is 12.0. The van der Waals surface area contributed by atoms with Gasteiger partial charge < -0.3 is 19.7 Å². The van der Waals surface area contributed by atoms with Gasteiger partial charge in [-0.2, -0.15) is 0 Å². The molecule has 1 amide bonds. The molecule has 1 aliphatic rings. The van der Waals surface area contributed by atoms with Crippen LogP contribution < -0.4 is 15.0 Å². The quantitative estimate of drug-likeness (QED) is 0.789. The summed E-state index contributed by atoms with van der Waals surface area (Å²) in [5, 5.41) is 2.91. The summed E-state index contributed by atoms with van der Waals surface area (Å²) in [6, 6.07) is 7.47. The largest absolute Gasteiger partial charge is 0.494 e. The van der Waals surface area contributed by atoms with Gasteiger partial charge in [-0.1, -0.05) is 0 Å². The highest BCUT2D eigenvalue weighted by Crippen LogP contribution is 2.15. The number of hydrogen-bond donors (Lipinski definition) is 2. The molecule has 1 saturated heterocycles. The predicted octanol–water partition coefficient (Wildman–Crippen LogP) is 0.329. The number of morpholine rings is 1. The highest BCUT2D eigenvalue weighted by atomic mass is 16.5. The van der Waals surface area contributed by atoms with Crippen molar-refractivity contribution in [2.45, 2.75) is 13.3 Å². The second kappa shape index (κ2) is 7.87. The van der Waals surface area contributed by atoms with E-state index in [4.69, 9.17) is 9.47 Å². The average Bonchev–Trinajstić information content (AvgIpc) is 2.49. The molecule has 1 aliphatic heterocycles. The summed E-state index contributed by atoms with van der Waals surface area (Å²) in [5.74, 6) is 0.886. The summed E-state index contributed by atoms with van der Waals surface area (Å²) < 4.78 is 10.7. The van der Waals surface area contributed by atoms with Crippen molar-refractivity contribution >= 4 is 11.6 Å². The number of nitrogens with one attached hydrogen (secondary N) is 2. The van der Waals surface area contributed by atoms with Gasteiger partial charge in [0.05, 0.1) is 32.8 Å². The second-order valence-corrected chi connectivity index (χ2v) is 4.87. The van der Waals surface area contributed by atoms with E-state index >= 15 is 0 Å². The van der Waals surface area contributed by atoms with Crippen molar-refractivity contribution in [1.29, 1.82) is 0 Å². The fourth-order valence-corrected chi connectivity index (χ4v) is 2.23. The number of anilines is 1. The first-order chi connectivity index (χ1) is 9.78. The number of ether oxygens (including phenoxy) is 2. The second-order valence-electron chi connectivity index (χ2n) is 4.87. The smallest absolute Gasteiger partial charge is 0.230 e. The van der Waals surface area contributed by atoms with Crippen LogP contribution in [0.15, 0.2) is 24.3 Å². The summed E-state index contributed by atoms with van der Waals surface area (Å²) >= 11 is 0. The van der Waals surface area contributed by atoms with Crippen LogP contribution in [0, 0.1) is 0 Å². The minimum Gasteiger partial charge on any atom is -0.494 e. The number of hydrogen-bond acceptors (Lipinski definition) is 3. The van der Waals surface area contributed by atoms with Crippen molar-refractivity contribution < 1.29 is 19.2 Å². The molecule has 110 valence electrons. The van der Waals surface area contributed by atoms with Crippen LogP contribution in [0.25, 0.3) is 0 Å². The van der Waals surface area contributed by atoms with E-state index in [2.05, 4.69) is 5.32 Å². The third-order valence-corrected chi connectivity index (χ3v) is 3.35. The molecule has 0 aromatic heterocycles. The highest BCUT2D eigenvalue weighted by molar-refractivity contribution is 5.90. The van der Waals surface area contributed by atoms with Crippen LogP contribution in [-0.4, -0.2) is 45.4 Å². The van der Waals surface area contributed by atoms with Crippen molar-refractivity contribution in [1.82, 2.24) is 0 Å². The van der Waals surface area contributed by atoms with Crippen LogP contribution in [0.2, 0.25) is 0 Å². The normalized spacial score (nSPS) is 15.8. The predicted molar refractivity (Wildman–Crippen MR) is 77.2 cm³/mol. The fraction of sp³-hybridized carbons (Fsp3) is 0.533. The Balaban J connectivity index is 1.73. The maximum absolute atomic E-state index is 11.9. The third kappa shape index (κ3) is 4.83. The molecule has 0 unspecified atom stereocenters. The molecular formula is C15H23N2O3+. The van der Waals surface area contributed by atoms with Gasteiger partial charge in [0.15, 0.2) is 0 Å².